The molecule has 9 nitrogen and oxygen atoms in total. The van der Waals surface area contributed by atoms with E-state index in [4.69, 9.17) is 30.3 Å². The Hall–Kier alpha value is -3.79. The van der Waals surface area contributed by atoms with Crippen LogP contribution in [-0.4, -0.2) is 39.9 Å². The SMILES string of the molecule is C.C.C.C#N.C#N.C=C.C=CC.CC.CC.CC.CC.CC.CC.CC.CC(C)=O.Cc1ccccc1.O.O.O=CO.O=CO. The van der Waals surface area contributed by atoms with Crippen LogP contribution in [0, 0.1) is 30.6 Å². The Balaban J connectivity index is -0.00000000968. The van der Waals surface area contributed by atoms with Crippen LogP contribution in [0.2, 0.25) is 0 Å². The van der Waals surface area contributed by atoms with Crippen molar-refractivity contribution in [2.75, 3.05) is 0 Å². The summed E-state index contributed by atoms with van der Waals surface area (Å²) in [6.07, 6.45) is 1.75. The molecule has 0 aromatic heterocycles. The first kappa shape index (κ1) is 135. The lowest BCUT2D eigenvalue weighted by molar-refractivity contribution is -0.123. The second-order valence-electron chi connectivity index (χ2n) is 3.18. The number of aryl methyl sites for hydroxylation is 1. The van der Waals surface area contributed by atoms with Gasteiger partial charge < -0.3 is 26.0 Å². The van der Waals surface area contributed by atoms with Crippen LogP contribution in [-0.2, 0) is 14.4 Å². The molecule has 0 aliphatic carbocycles. The highest BCUT2D eigenvalue weighted by Gasteiger charge is 1.72. The summed E-state index contributed by atoms with van der Waals surface area (Å²) in [6.45, 7) is 50.9. The van der Waals surface area contributed by atoms with Crippen LogP contribution in [0.15, 0.2) is 56.1 Å². The summed E-state index contributed by atoms with van der Waals surface area (Å²) >= 11 is 0. The number of hydrogen-bond acceptors (Lipinski definition) is 5. The summed E-state index contributed by atoms with van der Waals surface area (Å²) in [4.78, 5) is 26.2. The third kappa shape index (κ3) is 3310. The molecule has 0 aliphatic heterocycles. The van der Waals surface area contributed by atoms with Gasteiger partial charge in [0.25, 0.3) is 12.9 Å². The third-order valence-electron chi connectivity index (χ3n) is 0.940. The molecule has 1 rings (SSSR count). The first-order valence-electron chi connectivity index (χ1n) is 13.6. The van der Waals surface area contributed by atoms with Crippen molar-refractivity contribution in [3.05, 3.63) is 61.7 Å². The van der Waals surface area contributed by atoms with Crippen LogP contribution in [0.4, 0.5) is 0 Å². The van der Waals surface area contributed by atoms with Crippen LogP contribution >= 0.6 is 0 Å². The maximum absolute atomic E-state index is 9.44. The van der Waals surface area contributed by atoms with Gasteiger partial charge >= 0.3 is 0 Å². The van der Waals surface area contributed by atoms with E-state index in [-0.39, 0.29) is 52.0 Å². The van der Waals surface area contributed by atoms with E-state index in [1.807, 2.05) is 122 Å². The fraction of sp³-hybridized carbons (Fsp3) is 0.583. The number of hydrogen-bond donors (Lipinski definition) is 2. The Morgan fingerprint density at radius 3 is 0.756 bits per heavy atom. The second kappa shape index (κ2) is 593. The van der Waals surface area contributed by atoms with Gasteiger partial charge in [-0.1, -0.05) is 161 Å². The van der Waals surface area contributed by atoms with E-state index in [1.54, 1.807) is 6.08 Å². The molecular formula is C36H88N2O7. The van der Waals surface area contributed by atoms with E-state index in [0.717, 1.165) is 0 Å². The minimum Gasteiger partial charge on any atom is -0.483 e. The van der Waals surface area contributed by atoms with Crippen molar-refractivity contribution in [1.82, 2.24) is 0 Å². The second-order valence-corrected chi connectivity index (χ2v) is 3.18. The van der Waals surface area contributed by atoms with Gasteiger partial charge in [-0.2, -0.15) is 0 Å². The molecule has 284 valence electrons. The first-order valence-corrected chi connectivity index (χ1v) is 13.6. The van der Waals surface area contributed by atoms with Gasteiger partial charge in [0.1, 0.15) is 5.78 Å². The van der Waals surface area contributed by atoms with Crippen molar-refractivity contribution in [2.24, 2.45) is 0 Å². The number of rotatable bonds is 0. The number of carbonyl (C=O) groups is 3. The molecule has 0 saturated carbocycles. The van der Waals surface area contributed by atoms with Gasteiger partial charge in [0, 0.05) is 13.1 Å². The molecule has 0 aliphatic rings. The molecule has 0 heterocycles. The highest BCUT2D eigenvalue weighted by Crippen LogP contribution is 1.92. The molecule has 6 N–H and O–H groups in total. The third-order valence-corrected chi connectivity index (χ3v) is 0.940. The van der Waals surface area contributed by atoms with Gasteiger partial charge in [-0.25, -0.2) is 10.5 Å². The summed E-state index contributed by atoms with van der Waals surface area (Å²) in [5.74, 6) is 0.167. The molecule has 1 aromatic rings. The summed E-state index contributed by atoms with van der Waals surface area (Å²) in [5, 5.41) is 26.8. The highest BCUT2D eigenvalue weighted by molar-refractivity contribution is 5.72. The number of carbonyl (C=O) groups excluding carboxylic acids is 1. The maximum atomic E-state index is 9.44. The van der Waals surface area contributed by atoms with Crippen molar-refractivity contribution in [2.45, 2.75) is 147 Å². The lowest BCUT2D eigenvalue weighted by Gasteiger charge is -1.82. The first-order chi connectivity index (χ1) is 19.4. The van der Waals surface area contributed by atoms with E-state index < -0.39 is 0 Å². The maximum Gasteiger partial charge on any atom is 0.290 e. The topological polar surface area (TPSA) is 202 Å². The van der Waals surface area contributed by atoms with Crippen molar-refractivity contribution in [1.29, 1.82) is 10.5 Å². The normalized spacial score (nSPS) is 3.87. The molecule has 0 fully saturated rings. The number of benzene rings is 1. The van der Waals surface area contributed by atoms with E-state index in [1.165, 1.54) is 19.4 Å². The summed E-state index contributed by atoms with van der Waals surface area (Å²) in [7, 11) is 0. The molecule has 0 amide bonds. The van der Waals surface area contributed by atoms with Crippen LogP contribution in [0.25, 0.3) is 0 Å². The lowest BCUT2D eigenvalue weighted by Crippen LogP contribution is -1.69. The zero-order valence-corrected chi connectivity index (χ0v) is 30.9. The monoisotopic (exact) mass is 661 g/mol. The molecular weight excluding hydrogens is 572 g/mol. The molecule has 0 saturated heterocycles. The molecule has 0 atom stereocenters. The van der Waals surface area contributed by atoms with Gasteiger partial charge in [0.15, 0.2) is 0 Å². The average Bonchev–Trinajstić information content (AvgIpc) is 3.04. The Labute approximate surface area is 286 Å². The van der Waals surface area contributed by atoms with Crippen LogP contribution in [0.1, 0.15) is 146 Å². The van der Waals surface area contributed by atoms with Crippen molar-refractivity contribution >= 4 is 18.7 Å². The Kier molecular flexibility index (Phi) is 1780. The Morgan fingerprint density at radius 2 is 0.711 bits per heavy atom. The molecule has 45 heavy (non-hydrogen) atoms. The summed E-state index contributed by atoms with van der Waals surface area (Å²) in [6, 6.07) is 10.3. The van der Waals surface area contributed by atoms with E-state index in [2.05, 4.69) is 51.9 Å². The predicted octanol–water partition coefficient (Wildman–Crippen LogP) is 11.7. The molecule has 0 unspecified atom stereocenters. The van der Waals surface area contributed by atoms with Crippen LogP contribution in [0.5, 0.6) is 0 Å². The zero-order valence-electron chi connectivity index (χ0n) is 30.9. The van der Waals surface area contributed by atoms with Gasteiger partial charge in [-0.3, -0.25) is 9.59 Å². The number of Topliss-reactive ketones (excluding diaryl/α,β-unsaturated/α-hetero) is 1. The number of nitriles is 2. The van der Waals surface area contributed by atoms with E-state index in [0.29, 0.717) is 0 Å². The summed E-state index contributed by atoms with van der Waals surface area (Å²) in [5.41, 5.74) is 1.32. The summed E-state index contributed by atoms with van der Waals surface area (Å²) < 4.78 is 0. The zero-order chi connectivity index (χ0) is 36.8. The fourth-order valence-electron chi connectivity index (χ4n) is 0.534. The Morgan fingerprint density at radius 1 is 0.622 bits per heavy atom. The average molecular weight is 661 g/mol. The van der Waals surface area contributed by atoms with Gasteiger partial charge in [-0.05, 0) is 27.7 Å². The molecule has 0 spiro atoms. The number of carboxylic acid groups (broad SMARTS) is 2. The Bertz CT molecular complexity index is 403. The van der Waals surface area contributed by atoms with Gasteiger partial charge in [0.2, 0.25) is 0 Å². The van der Waals surface area contributed by atoms with Gasteiger partial charge in [-0.15, -0.1) is 19.7 Å². The minimum atomic E-state index is -0.250. The predicted molar refractivity (Wildman–Crippen MR) is 212 cm³/mol. The lowest BCUT2D eigenvalue weighted by atomic mass is 10.2. The standard InChI is InChI=1S/C7H8.C3H6O.C3H6.7C2H6.C2H4.2CHN.2CH2O2.3CH4.2H2O/c1-7-5-3-2-4-6-7;1-3(2)4;1-3-2;10*1-2;2*2-1-3;;;;;/h2-6H,1H3;1-2H3;3H,1H2,2H3;7*1-2H3;1-2H2;2*1H;2*1H,(H,2,3);3*1H4;2*1H2. The van der Waals surface area contributed by atoms with E-state index in [9.17, 15) is 4.79 Å². The molecule has 1 aromatic carbocycles. The van der Waals surface area contributed by atoms with Gasteiger partial charge in [0.05, 0.1) is 0 Å². The highest BCUT2D eigenvalue weighted by atomic mass is 16.3. The number of nitrogens with zero attached hydrogens (tertiary/aromatic N) is 2. The van der Waals surface area contributed by atoms with Crippen molar-refractivity contribution < 1.29 is 35.5 Å². The largest absolute Gasteiger partial charge is 0.483 e. The molecule has 0 bridgehead atoms. The van der Waals surface area contributed by atoms with Crippen molar-refractivity contribution in [3.8, 4) is 13.1 Å². The van der Waals surface area contributed by atoms with E-state index >= 15 is 0 Å². The number of allylic oxidation sites excluding steroid dienone is 1. The van der Waals surface area contributed by atoms with Crippen LogP contribution in [0.3, 0.4) is 0 Å². The number of ketones is 1. The minimum absolute atomic E-state index is 0. The molecule has 0 radical (unpaired) electrons. The van der Waals surface area contributed by atoms with Crippen molar-refractivity contribution in [3.63, 3.8) is 0 Å². The smallest absolute Gasteiger partial charge is 0.290 e. The molecule has 9 heteroatoms. The quantitative estimate of drug-likeness (QED) is 0.203. The van der Waals surface area contributed by atoms with Crippen LogP contribution < -0.4 is 0 Å². The fourth-order valence-corrected chi connectivity index (χ4v) is 0.534.